The van der Waals surface area contributed by atoms with Crippen molar-refractivity contribution in [3.63, 3.8) is 0 Å². The van der Waals surface area contributed by atoms with Gasteiger partial charge in [-0.1, -0.05) is 60.7 Å². The Labute approximate surface area is 140 Å². The van der Waals surface area contributed by atoms with Crippen LogP contribution < -0.4 is 5.73 Å². The fourth-order valence-electron chi connectivity index (χ4n) is 2.35. The molecule has 1 heterocycles. The molecule has 0 aliphatic carbocycles. The molecule has 0 radical (unpaired) electrons. The number of rotatable bonds is 6. The third kappa shape index (κ3) is 4.08. The van der Waals surface area contributed by atoms with Gasteiger partial charge in [-0.2, -0.15) is 5.10 Å². The van der Waals surface area contributed by atoms with Crippen LogP contribution in [-0.4, -0.2) is 21.8 Å². The van der Waals surface area contributed by atoms with E-state index in [9.17, 15) is 4.79 Å². The topological polar surface area (TPSA) is 70.1 Å². The molecule has 0 saturated heterocycles. The second kappa shape index (κ2) is 7.57. The van der Waals surface area contributed by atoms with Gasteiger partial charge in [-0.3, -0.25) is 9.48 Å². The van der Waals surface area contributed by atoms with E-state index in [2.05, 4.69) is 5.10 Å². The van der Waals surface area contributed by atoms with Crippen molar-refractivity contribution in [2.45, 2.75) is 19.2 Å². The van der Waals surface area contributed by atoms with Crippen molar-refractivity contribution >= 4 is 5.97 Å². The standard InChI is InChI=1S/C19H19N3O2/c20-18(19(23)24-14-15-7-3-1-4-8-15)13-22-12-17(11-21-22)16-9-5-2-6-10-16/h1-12,18H,13-14,20H2. The van der Waals surface area contributed by atoms with E-state index in [1.165, 1.54) is 0 Å². The summed E-state index contributed by atoms with van der Waals surface area (Å²) in [6.07, 6.45) is 3.64. The van der Waals surface area contributed by atoms with Crippen LogP contribution in [0.15, 0.2) is 73.1 Å². The summed E-state index contributed by atoms with van der Waals surface area (Å²) < 4.78 is 6.91. The minimum atomic E-state index is -0.753. The molecule has 122 valence electrons. The van der Waals surface area contributed by atoms with E-state index in [0.29, 0.717) is 0 Å². The number of nitrogens with two attached hydrogens (primary N) is 1. The normalized spacial score (nSPS) is 11.9. The van der Waals surface area contributed by atoms with Crippen LogP contribution in [0.25, 0.3) is 11.1 Å². The van der Waals surface area contributed by atoms with Gasteiger partial charge in [-0.25, -0.2) is 0 Å². The van der Waals surface area contributed by atoms with E-state index in [-0.39, 0.29) is 13.2 Å². The minimum Gasteiger partial charge on any atom is -0.460 e. The van der Waals surface area contributed by atoms with Crippen molar-refractivity contribution in [1.82, 2.24) is 9.78 Å². The predicted molar refractivity (Wildman–Crippen MR) is 91.9 cm³/mol. The first-order valence-corrected chi connectivity index (χ1v) is 7.76. The van der Waals surface area contributed by atoms with Gasteiger partial charge in [0.2, 0.25) is 0 Å². The Balaban J connectivity index is 1.55. The van der Waals surface area contributed by atoms with Crippen molar-refractivity contribution in [3.05, 3.63) is 78.6 Å². The fraction of sp³-hybridized carbons (Fsp3) is 0.158. The zero-order valence-electron chi connectivity index (χ0n) is 13.2. The predicted octanol–water partition coefficient (Wildman–Crippen LogP) is 2.62. The van der Waals surface area contributed by atoms with Gasteiger partial charge in [0.1, 0.15) is 12.6 Å². The number of carbonyl (C=O) groups is 1. The number of aromatic nitrogens is 2. The maximum Gasteiger partial charge on any atom is 0.325 e. The SMILES string of the molecule is NC(Cn1cc(-c2ccccc2)cn1)C(=O)OCc1ccccc1. The lowest BCUT2D eigenvalue weighted by atomic mass is 10.1. The largest absolute Gasteiger partial charge is 0.460 e. The lowest BCUT2D eigenvalue weighted by molar-refractivity contribution is -0.146. The highest BCUT2D eigenvalue weighted by molar-refractivity contribution is 5.75. The molecule has 0 fully saturated rings. The first kappa shape index (κ1) is 16.0. The van der Waals surface area contributed by atoms with Crippen LogP contribution in [0, 0.1) is 0 Å². The number of nitrogens with zero attached hydrogens (tertiary/aromatic N) is 2. The Morgan fingerprint density at radius 1 is 1.04 bits per heavy atom. The molecular weight excluding hydrogens is 302 g/mol. The first-order chi connectivity index (χ1) is 11.7. The maximum atomic E-state index is 12.0. The van der Waals surface area contributed by atoms with Gasteiger partial charge in [0, 0.05) is 11.8 Å². The summed E-state index contributed by atoms with van der Waals surface area (Å²) in [5, 5.41) is 4.26. The highest BCUT2D eigenvalue weighted by atomic mass is 16.5. The van der Waals surface area contributed by atoms with Crippen LogP contribution in [0.2, 0.25) is 0 Å². The Kier molecular flexibility index (Phi) is 5.03. The van der Waals surface area contributed by atoms with Crippen molar-refractivity contribution in [2.75, 3.05) is 0 Å². The van der Waals surface area contributed by atoms with Gasteiger partial charge in [0.05, 0.1) is 12.7 Å². The van der Waals surface area contributed by atoms with Crippen molar-refractivity contribution in [1.29, 1.82) is 0 Å². The molecule has 1 aromatic heterocycles. The van der Waals surface area contributed by atoms with Gasteiger partial charge in [0.15, 0.2) is 0 Å². The third-order valence-electron chi connectivity index (χ3n) is 3.65. The average Bonchev–Trinajstić information content (AvgIpc) is 3.10. The lowest BCUT2D eigenvalue weighted by Crippen LogP contribution is -2.36. The molecule has 5 heteroatoms. The zero-order valence-corrected chi connectivity index (χ0v) is 13.2. The molecule has 0 aliphatic rings. The summed E-state index contributed by atoms with van der Waals surface area (Å²) in [6, 6.07) is 18.7. The lowest BCUT2D eigenvalue weighted by Gasteiger charge is -2.11. The molecule has 0 spiro atoms. The Bertz CT molecular complexity index is 785. The fourth-order valence-corrected chi connectivity index (χ4v) is 2.35. The van der Waals surface area contributed by atoms with Gasteiger partial charge in [-0.15, -0.1) is 0 Å². The average molecular weight is 321 g/mol. The molecule has 0 amide bonds. The number of hydrogen-bond donors (Lipinski definition) is 1. The minimum absolute atomic E-state index is 0.224. The molecule has 0 bridgehead atoms. The van der Waals surface area contributed by atoms with Gasteiger partial charge >= 0.3 is 5.97 Å². The van der Waals surface area contributed by atoms with E-state index in [1.54, 1.807) is 10.9 Å². The molecule has 24 heavy (non-hydrogen) atoms. The number of benzene rings is 2. The number of ether oxygens (including phenoxy) is 1. The van der Waals surface area contributed by atoms with E-state index in [0.717, 1.165) is 16.7 Å². The van der Waals surface area contributed by atoms with Crippen LogP contribution in [0.1, 0.15) is 5.56 Å². The van der Waals surface area contributed by atoms with E-state index < -0.39 is 12.0 Å². The van der Waals surface area contributed by atoms with Gasteiger partial charge in [-0.05, 0) is 11.1 Å². The van der Waals surface area contributed by atoms with Crippen molar-refractivity contribution < 1.29 is 9.53 Å². The molecule has 3 aromatic rings. The van der Waals surface area contributed by atoms with Crippen LogP contribution in [-0.2, 0) is 22.7 Å². The number of hydrogen-bond acceptors (Lipinski definition) is 4. The molecule has 5 nitrogen and oxygen atoms in total. The number of carbonyl (C=O) groups excluding carboxylic acids is 1. The molecule has 2 N–H and O–H groups in total. The van der Waals surface area contributed by atoms with E-state index >= 15 is 0 Å². The van der Waals surface area contributed by atoms with E-state index in [4.69, 9.17) is 10.5 Å². The third-order valence-corrected chi connectivity index (χ3v) is 3.65. The monoisotopic (exact) mass is 321 g/mol. The molecular formula is C19H19N3O2. The Morgan fingerprint density at radius 2 is 1.71 bits per heavy atom. The maximum absolute atomic E-state index is 12.0. The summed E-state index contributed by atoms with van der Waals surface area (Å²) in [5.74, 6) is -0.435. The first-order valence-electron chi connectivity index (χ1n) is 7.76. The van der Waals surface area contributed by atoms with Crippen LogP contribution in [0.4, 0.5) is 0 Å². The summed E-state index contributed by atoms with van der Waals surface area (Å²) in [6.45, 7) is 0.502. The summed E-state index contributed by atoms with van der Waals surface area (Å²) >= 11 is 0. The molecule has 0 aliphatic heterocycles. The summed E-state index contributed by atoms with van der Waals surface area (Å²) in [5.41, 5.74) is 8.92. The quantitative estimate of drug-likeness (QED) is 0.709. The highest BCUT2D eigenvalue weighted by Gasteiger charge is 2.16. The van der Waals surface area contributed by atoms with Crippen LogP contribution in [0.3, 0.4) is 0 Å². The van der Waals surface area contributed by atoms with Crippen molar-refractivity contribution in [2.24, 2.45) is 5.73 Å². The summed E-state index contributed by atoms with van der Waals surface area (Å²) in [7, 11) is 0. The van der Waals surface area contributed by atoms with Crippen molar-refractivity contribution in [3.8, 4) is 11.1 Å². The van der Waals surface area contributed by atoms with Gasteiger partial charge < -0.3 is 10.5 Å². The van der Waals surface area contributed by atoms with Crippen LogP contribution in [0.5, 0.6) is 0 Å². The van der Waals surface area contributed by atoms with Gasteiger partial charge in [0.25, 0.3) is 0 Å². The Morgan fingerprint density at radius 3 is 2.42 bits per heavy atom. The second-order valence-corrected chi connectivity index (χ2v) is 5.52. The zero-order chi connectivity index (χ0) is 16.8. The molecule has 1 atom stereocenters. The van der Waals surface area contributed by atoms with Crippen LogP contribution >= 0.6 is 0 Å². The smallest absolute Gasteiger partial charge is 0.325 e. The van der Waals surface area contributed by atoms with E-state index in [1.807, 2.05) is 66.9 Å². The second-order valence-electron chi connectivity index (χ2n) is 5.52. The molecule has 3 rings (SSSR count). The molecule has 0 saturated carbocycles. The highest BCUT2D eigenvalue weighted by Crippen LogP contribution is 2.17. The Hall–Kier alpha value is -2.92. The molecule has 1 unspecified atom stereocenters. The molecule has 2 aromatic carbocycles. The number of esters is 1. The summed E-state index contributed by atoms with van der Waals surface area (Å²) in [4.78, 5) is 12.0.